The molecule has 0 aliphatic heterocycles. The number of fused-ring (bicyclic) bond motifs is 1. The third-order valence-electron chi connectivity index (χ3n) is 4.44. The Balaban J connectivity index is 1.48. The second-order valence-electron chi connectivity index (χ2n) is 6.29. The minimum absolute atomic E-state index is 0.511. The van der Waals surface area contributed by atoms with Gasteiger partial charge in [-0.15, -0.1) is 0 Å². The van der Waals surface area contributed by atoms with Crippen LogP contribution >= 0.6 is 11.9 Å². The van der Waals surface area contributed by atoms with E-state index in [9.17, 15) is 0 Å². The Morgan fingerprint density at radius 2 is 2.15 bits per heavy atom. The Kier molecular flexibility index (Phi) is 4.38. The Bertz CT molecular complexity index is 958. The van der Waals surface area contributed by atoms with Crippen molar-refractivity contribution in [2.75, 3.05) is 9.73 Å². The molecule has 4 rings (SSSR count). The molecular weight excluding hydrogens is 344 g/mol. The van der Waals surface area contributed by atoms with Gasteiger partial charge >= 0.3 is 0 Å². The van der Waals surface area contributed by atoms with E-state index < -0.39 is 0 Å². The van der Waals surface area contributed by atoms with E-state index in [1.807, 2.05) is 48.4 Å². The number of pyridine rings is 1. The standard InChI is InChI=1S/C19H20N6S/c1-13(14-7-8-14)25(20-2)18-10-9-16(12-21-18)26-23-17-6-4-5-15-11-22-24(3)19(15)17/h4-6,9-12,14,23H,1-2,7-8H2,3H3. The van der Waals surface area contributed by atoms with Crippen molar-refractivity contribution in [1.82, 2.24) is 14.8 Å². The first-order valence-corrected chi connectivity index (χ1v) is 9.24. The fraction of sp³-hybridized carbons (Fsp3) is 0.211. The van der Waals surface area contributed by atoms with E-state index in [0.717, 1.165) is 33.0 Å². The van der Waals surface area contributed by atoms with E-state index in [1.54, 1.807) is 5.01 Å². The lowest BCUT2D eigenvalue weighted by atomic mass is 10.2. The van der Waals surface area contributed by atoms with E-state index in [4.69, 9.17) is 0 Å². The van der Waals surface area contributed by atoms with Gasteiger partial charge in [-0.1, -0.05) is 18.7 Å². The highest BCUT2D eigenvalue weighted by Crippen LogP contribution is 2.38. The van der Waals surface area contributed by atoms with Gasteiger partial charge in [0.15, 0.2) is 5.82 Å². The molecule has 26 heavy (non-hydrogen) atoms. The molecule has 2 heterocycles. The first kappa shape index (κ1) is 16.7. The molecule has 1 N–H and O–H groups in total. The fourth-order valence-corrected chi connectivity index (χ4v) is 3.52. The number of nitrogens with zero attached hydrogens (tertiary/aromatic N) is 5. The summed E-state index contributed by atoms with van der Waals surface area (Å²) in [5.41, 5.74) is 3.06. The Morgan fingerprint density at radius 1 is 1.31 bits per heavy atom. The number of aryl methyl sites for hydroxylation is 1. The molecule has 1 fully saturated rings. The maximum atomic E-state index is 4.52. The van der Waals surface area contributed by atoms with Crippen LogP contribution in [-0.4, -0.2) is 21.5 Å². The summed E-state index contributed by atoms with van der Waals surface area (Å²) in [7, 11) is 1.94. The van der Waals surface area contributed by atoms with Crippen molar-refractivity contribution < 1.29 is 0 Å². The maximum absolute atomic E-state index is 4.52. The highest BCUT2D eigenvalue weighted by molar-refractivity contribution is 8.00. The first-order valence-electron chi connectivity index (χ1n) is 8.42. The molecule has 1 saturated carbocycles. The van der Waals surface area contributed by atoms with Crippen molar-refractivity contribution in [2.24, 2.45) is 18.1 Å². The SMILES string of the molecule is C=NN(C(=C)C1CC1)c1ccc(SNc2cccc3cnn(C)c23)cn1. The molecular formula is C19H20N6S. The summed E-state index contributed by atoms with van der Waals surface area (Å²) in [6.45, 7) is 7.77. The number of allylic oxidation sites excluding steroid dienone is 1. The van der Waals surface area contributed by atoms with Crippen LogP contribution in [0.2, 0.25) is 0 Å². The second kappa shape index (κ2) is 6.84. The van der Waals surface area contributed by atoms with E-state index in [0.29, 0.717) is 5.92 Å². The van der Waals surface area contributed by atoms with E-state index in [-0.39, 0.29) is 0 Å². The number of rotatable bonds is 7. The lowest BCUT2D eigenvalue weighted by Gasteiger charge is -2.19. The van der Waals surface area contributed by atoms with Crippen LogP contribution in [0.5, 0.6) is 0 Å². The van der Waals surface area contributed by atoms with Crippen LogP contribution in [-0.2, 0) is 7.05 Å². The van der Waals surface area contributed by atoms with Gasteiger partial charge in [0.05, 0.1) is 17.4 Å². The fourth-order valence-electron chi connectivity index (χ4n) is 2.89. The van der Waals surface area contributed by atoms with Gasteiger partial charge in [0.25, 0.3) is 0 Å². The molecule has 0 atom stereocenters. The summed E-state index contributed by atoms with van der Waals surface area (Å²) in [5, 5.41) is 11.2. The average molecular weight is 364 g/mol. The maximum Gasteiger partial charge on any atom is 0.153 e. The van der Waals surface area contributed by atoms with Crippen LogP contribution in [0.4, 0.5) is 11.5 Å². The predicted molar refractivity (Wildman–Crippen MR) is 108 cm³/mol. The lowest BCUT2D eigenvalue weighted by molar-refractivity contribution is 0.798. The Morgan fingerprint density at radius 3 is 2.85 bits per heavy atom. The summed E-state index contributed by atoms with van der Waals surface area (Å²) in [4.78, 5) is 5.52. The zero-order chi connectivity index (χ0) is 18.1. The topological polar surface area (TPSA) is 58.3 Å². The van der Waals surface area contributed by atoms with Gasteiger partial charge in [0.1, 0.15) is 0 Å². The minimum atomic E-state index is 0.511. The quantitative estimate of drug-likeness (QED) is 0.382. The number of nitrogens with one attached hydrogen (secondary N) is 1. The molecule has 7 heteroatoms. The number of aromatic nitrogens is 3. The average Bonchev–Trinajstić information content (AvgIpc) is 3.45. The van der Waals surface area contributed by atoms with Crippen molar-refractivity contribution in [1.29, 1.82) is 0 Å². The van der Waals surface area contributed by atoms with Gasteiger partial charge in [-0.05, 0) is 43.0 Å². The lowest BCUT2D eigenvalue weighted by Crippen LogP contribution is -2.16. The highest BCUT2D eigenvalue weighted by Gasteiger charge is 2.29. The molecule has 132 valence electrons. The van der Waals surface area contributed by atoms with Crippen molar-refractivity contribution >= 4 is 41.1 Å². The summed E-state index contributed by atoms with van der Waals surface area (Å²) in [6, 6.07) is 10.1. The predicted octanol–water partition coefficient (Wildman–Crippen LogP) is 4.43. The summed E-state index contributed by atoms with van der Waals surface area (Å²) >= 11 is 1.51. The second-order valence-corrected chi connectivity index (χ2v) is 7.17. The third kappa shape index (κ3) is 3.17. The van der Waals surface area contributed by atoms with Crippen LogP contribution in [0, 0.1) is 5.92 Å². The third-order valence-corrected chi connectivity index (χ3v) is 5.24. The summed E-state index contributed by atoms with van der Waals surface area (Å²) in [6.07, 6.45) is 6.03. The number of para-hydroxylation sites is 1. The smallest absolute Gasteiger partial charge is 0.153 e. The molecule has 0 spiro atoms. The van der Waals surface area contributed by atoms with Gasteiger partial charge in [0.2, 0.25) is 0 Å². The van der Waals surface area contributed by atoms with Crippen molar-refractivity contribution in [3.8, 4) is 0 Å². The molecule has 0 unspecified atom stereocenters. The van der Waals surface area contributed by atoms with Gasteiger partial charge in [-0.3, -0.25) is 4.68 Å². The van der Waals surface area contributed by atoms with Crippen LogP contribution in [0.1, 0.15) is 12.8 Å². The molecule has 2 aromatic heterocycles. The van der Waals surface area contributed by atoms with Crippen molar-refractivity contribution in [3.63, 3.8) is 0 Å². The first-order chi connectivity index (χ1) is 12.7. The van der Waals surface area contributed by atoms with E-state index in [2.05, 4.69) is 39.3 Å². The molecule has 0 saturated heterocycles. The van der Waals surface area contributed by atoms with Crippen molar-refractivity contribution in [3.05, 3.63) is 55.0 Å². The zero-order valence-corrected chi connectivity index (χ0v) is 15.4. The molecule has 1 aliphatic carbocycles. The highest BCUT2D eigenvalue weighted by atomic mass is 32.2. The Labute approximate surface area is 156 Å². The molecule has 1 aliphatic rings. The largest absolute Gasteiger partial charge is 0.324 e. The number of hydrazone groups is 1. The molecule has 3 aromatic rings. The van der Waals surface area contributed by atoms with Crippen molar-refractivity contribution in [2.45, 2.75) is 17.7 Å². The van der Waals surface area contributed by atoms with Crippen LogP contribution in [0.3, 0.4) is 0 Å². The van der Waals surface area contributed by atoms with Crippen LogP contribution in [0.15, 0.2) is 65.0 Å². The monoisotopic (exact) mass is 364 g/mol. The van der Waals surface area contributed by atoms with E-state index >= 15 is 0 Å². The van der Waals surface area contributed by atoms with Gasteiger partial charge in [-0.2, -0.15) is 10.2 Å². The van der Waals surface area contributed by atoms with Gasteiger partial charge in [0, 0.05) is 41.9 Å². The molecule has 0 bridgehead atoms. The summed E-state index contributed by atoms with van der Waals surface area (Å²) in [5.74, 6) is 1.26. The number of hydrogen-bond acceptors (Lipinski definition) is 6. The Hall–Kier alpha value is -2.80. The number of hydrogen-bond donors (Lipinski definition) is 1. The zero-order valence-electron chi connectivity index (χ0n) is 14.6. The van der Waals surface area contributed by atoms with Gasteiger partial charge < -0.3 is 4.72 Å². The van der Waals surface area contributed by atoms with Gasteiger partial charge in [-0.25, -0.2) is 9.99 Å². The van der Waals surface area contributed by atoms with Crippen LogP contribution in [0.25, 0.3) is 10.9 Å². The van der Waals surface area contributed by atoms with Crippen LogP contribution < -0.4 is 9.73 Å². The normalized spacial score (nSPS) is 13.6. The van der Waals surface area contributed by atoms with E-state index in [1.165, 1.54) is 24.8 Å². The number of anilines is 2. The summed E-state index contributed by atoms with van der Waals surface area (Å²) < 4.78 is 5.27. The molecule has 0 amide bonds. The minimum Gasteiger partial charge on any atom is -0.324 e. The molecule has 6 nitrogen and oxygen atoms in total. The molecule has 0 radical (unpaired) electrons. The molecule has 1 aromatic carbocycles. The number of benzene rings is 1.